The van der Waals surface area contributed by atoms with Crippen molar-refractivity contribution in [2.75, 3.05) is 31.1 Å². The molecule has 0 amide bonds. The molecule has 3 aliphatic heterocycles. The summed E-state index contributed by atoms with van der Waals surface area (Å²) in [6, 6.07) is 4.95. The second-order valence-corrected chi connectivity index (χ2v) is 6.69. The van der Waals surface area contributed by atoms with Gasteiger partial charge in [0.2, 0.25) is 5.95 Å². The van der Waals surface area contributed by atoms with E-state index in [1.165, 1.54) is 43.0 Å². The minimum Gasteiger partial charge on any atom is -0.338 e. The van der Waals surface area contributed by atoms with E-state index in [0.29, 0.717) is 6.04 Å². The average Bonchev–Trinajstić information content (AvgIpc) is 3.02. The zero-order valence-electron chi connectivity index (χ0n) is 11.8. The quantitative estimate of drug-likeness (QED) is 0.848. The Morgan fingerprint density at radius 2 is 2.05 bits per heavy atom. The van der Waals surface area contributed by atoms with E-state index in [1.807, 2.05) is 6.20 Å². The topological polar surface area (TPSA) is 24.3 Å². The highest BCUT2D eigenvalue weighted by atomic mass is 32.1. The number of thiophene rings is 1. The molecule has 2 bridgehead atoms. The van der Waals surface area contributed by atoms with Crippen LogP contribution in [0.4, 0.5) is 5.95 Å². The van der Waals surface area contributed by atoms with Crippen molar-refractivity contribution in [2.45, 2.75) is 18.9 Å². The summed E-state index contributed by atoms with van der Waals surface area (Å²) in [6.07, 6.45) is 4.58. The molecule has 106 valence electrons. The molecule has 0 radical (unpaired) electrons. The molecule has 0 spiro atoms. The van der Waals surface area contributed by atoms with Crippen LogP contribution in [0.3, 0.4) is 0 Å². The van der Waals surface area contributed by atoms with E-state index in [0.717, 1.165) is 12.5 Å². The molecule has 3 fully saturated rings. The van der Waals surface area contributed by atoms with Gasteiger partial charge >= 0.3 is 0 Å². The SMILES string of the molecule is Cn1c(-c2cccs2)cnc1N1CCN2CCC1CC2. The van der Waals surface area contributed by atoms with Crippen LogP contribution < -0.4 is 4.90 Å². The molecule has 20 heavy (non-hydrogen) atoms. The summed E-state index contributed by atoms with van der Waals surface area (Å²) in [5.41, 5.74) is 1.23. The van der Waals surface area contributed by atoms with E-state index in [-0.39, 0.29) is 0 Å². The van der Waals surface area contributed by atoms with Crippen LogP contribution in [0, 0.1) is 0 Å². The first-order valence-electron chi connectivity index (χ1n) is 7.37. The van der Waals surface area contributed by atoms with Crippen molar-refractivity contribution in [3.63, 3.8) is 0 Å². The molecule has 3 aliphatic rings. The molecule has 0 N–H and O–H groups in total. The fraction of sp³-hybridized carbons (Fsp3) is 0.533. The van der Waals surface area contributed by atoms with Gasteiger partial charge in [-0.25, -0.2) is 4.98 Å². The van der Waals surface area contributed by atoms with Gasteiger partial charge in [-0.15, -0.1) is 11.3 Å². The average molecular weight is 288 g/mol. The van der Waals surface area contributed by atoms with Crippen molar-refractivity contribution in [3.8, 4) is 10.6 Å². The Morgan fingerprint density at radius 1 is 1.20 bits per heavy atom. The molecule has 0 atom stereocenters. The summed E-state index contributed by atoms with van der Waals surface area (Å²) in [7, 11) is 2.15. The van der Waals surface area contributed by atoms with Crippen molar-refractivity contribution in [1.29, 1.82) is 0 Å². The molecule has 0 unspecified atom stereocenters. The summed E-state index contributed by atoms with van der Waals surface area (Å²) >= 11 is 1.78. The number of rotatable bonds is 2. The molecule has 3 saturated heterocycles. The number of aromatic nitrogens is 2. The Morgan fingerprint density at radius 3 is 2.80 bits per heavy atom. The second-order valence-electron chi connectivity index (χ2n) is 5.75. The monoisotopic (exact) mass is 288 g/mol. The molecule has 5 heteroatoms. The highest BCUT2D eigenvalue weighted by Crippen LogP contribution is 2.31. The number of hydrogen-bond donors (Lipinski definition) is 0. The predicted octanol–water partition coefficient (Wildman–Crippen LogP) is 2.43. The summed E-state index contributed by atoms with van der Waals surface area (Å²) in [5, 5.41) is 2.13. The lowest BCUT2D eigenvalue weighted by Gasteiger charge is -2.32. The zero-order valence-corrected chi connectivity index (χ0v) is 12.6. The third-order valence-corrected chi connectivity index (χ3v) is 5.54. The summed E-state index contributed by atoms with van der Waals surface area (Å²) in [5.74, 6) is 1.14. The molecule has 2 aromatic rings. The largest absolute Gasteiger partial charge is 0.338 e. The molecule has 0 saturated carbocycles. The summed E-state index contributed by atoms with van der Waals surface area (Å²) in [6.45, 7) is 4.80. The molecular weight excluding hydrogens is 268 g/mol. The van der Waals surface area contributed by atoms with Gasteiger partial charge in [0.25, 0.3) is 0 Å². The van der Waals surface area contributed by atoms with Gasteiger partial charge in [0.1, 0.15) is 0 Å². The van der Waals surface area contributed by atoms with Gasteiger partial charge in [0.05, 0.1) is 16.8 Å². The first kappa shape index (κ1) is 12.4. The maximum absolute atomic E-state index is 4.73. The highest BCUT2D eigenvalue weighted by Gasteiger charge is 2.31. The Balaban J connectivity index is 1.69. The lowest BCUT2D eigenvalue weighted by Crippen LogP contribution is -2.39. The summed E-state index contributed by atoms with van der Waals surface area (Å²) < 4.78 is 2.26. The normalized spacial score (nSPS) is 25.9. The standard InChI is InChI=1S/C15H20N4S/c1-17-13(14-3-2-10-20-14)11-16-15(17)19-9-8-18-6-4-12(19)5-7-18/h2-3,10-12H,4-9H2,1H3. The van der Waals surface area contributed by atoms with Crippen molar-refractivity contribution in [3.05, 3.63) is 23.7 Å². The molecule has 5 rings (SSSR count). The van der Waals surface area contributed by atoms with Gasteiger partial charge in [0, 0.05) is 39.3 Å². The number of nitrogens with zero attached hydrogens (tertiary/aromatic N) is 4. The van der Waals surface area contributed by atoms with Crippen molar-refractivity contribution < 1.29 is 0 Å². The fourth-order valence-corrected chi connectivity index (χ4v) is 4.24. The number of hydrogen-bond acceptors (Lipinski definition) is 4. The van der Waals surface area contributed by atoms with Crippen LogP contribution in [-0.4, -0.2) is 46.7 Å². The van der Waals surface area contributed by atoms with E-state index in [1.54, 1.807) is 11.3 Å². The molecule has 0 aliphatic carbocycles. The number of imidazole rings is 1. The van der Waals surface area contributed by atoms with Crippen LogP contribution in [0.25, 0.3) is 10.6 Å². The van der Waals surface area contributed by atoms with Gasteiger partial charge in [-0.05, 0) is 24.3 Å². The smallest absolute Gasteiger partial charge is 0.206 e. The van der Waals surface area contributed by atoms with Crippen LogP contribution in [0.5, 0.6) is 0 Å². The van der Waals surface area contributed by atoms with Crippen molar-refractivity contribution in [2.24, 2.45) is 7.05 Å². The van der Waals surface area contributed by atoms with Gasteiger partial charge in [0.15, 0.2) is 0 Å². The van der Waals surface area contributed by atoms with Crippen LogP contribution in [0.1, 0.15) is 12.8 Å². The van der Waals surface area contributed by atoms with Crippen molar-refractivity contribution in [1.82, 2.24) is 14.5 Å². The Hall–Kier alpha value is -1.33. The first-order chi connectivity index (χ1) is 9.83. The lowest BCUT2D eigenvalue weighted by molar-refractivity contribution is 0.250. The van der Waals surface area contributed by atoms with Gasteiger partial charge in [-0.1, -0.05) is 6.07 Å². The minimum absolute atomic E-state index is 0.672. The molecule has 2 aromatic heterocycles. The van der Waals surface area contributed by atoms with Gasteiger partial charge < -0.3 is 14.4 Å². The lowest BCUT2D eigenvalue weighted by atomic mass is 10.1. The van der Waals surface area contributed by atoms with E-state index >= 15 is 0 Å². The molecule has 4 nitrogen and oxygen atoms in total. The number of anilines is 1. The van der Waals surface area contributed by atoms with E-state index in [2.05, 4.69) is 38.9 Å². The van der Waals surface area contributed by atoms with Crippen LogP contribution in [-0.2, 0) is 7.05 Å². The zero-order chi connectivity index (χ0) is 13.5. The van der Waals surface area contributed by atoms with Crippen LogP contribution in [0.2, 0.25) is 0 Å². The van der Waals surface area contributed by atoms with Crippen LogP contribution in [0.15, 0.2) is 23.7 Å². The minimum atomic E-state index is 0.672. The second kappa shape index (κ2) is 4.90. The number of fused-ring (bicyclic) bond motifs is 4. The van der Waals surface area contributed by atoms with E-state index < -0.39 is 0 Å². The Kier molecular flexibility index (Phi) is 3.04. The summed E-state index contributed by atoms with van der Waals surface area (Å²) in [4.78, 5) is 11.1. The van der Waals surface area contributed by atoms with Gasteiger partial charge in [-0.3, -0.25) is 0 Å². The van der Waals surface area contributed by atoms with Crippen molar-refractivity contribution >= 4 is 17.3 Å². The molecule has 5 heterocycles. The maximum Gasteiger partial charge on any atom is 0.206 e. The van der Waals surface area contributed by atoms with E-state index in [9.17, 15) is 0 Å². The maximum atomic E-state index is 4.73. The third kappa shape index (κ3) is 1.96. The highest BCUT2D eigenvalue weighted by molar-refractivity contribution is 7.13. The predicted molar refractivity (Wildman–Crippen MR) is 83.3 cm³/mol. The number of piperidine rings is 1. The first-order valence-corrected chi connectivity index (χ1v) is 8.25. The Bertz CT molecular complexity index is 581. The Labute approximate surface area is 123 Å². The fourth-order valence-electron chi connectivity index (χ4n) is 3.47. The molecular formula is C15H20N4S. The van der Waals surface area contributed by atoms with E-state index in [4.69, 9.17) is 4.98 Å². The third-order valence-electron chi connectivity index (χ3n) is 4.65. The molecule has 0 aromatic carbocycles. The van der Waals surface area contributed by atoms with Gasteiger partial charge in [-0.2, -0.15) is 0 Å². The van der Waals surface area contributed by atoms with Crippen LogP contribution >= 0.6 is 11.3 Å².